The summed E-state index contributed by atoms with van der Waals surface area (Å²) in [4.78, 5) is 11.2. The van der Waals surface area contributed by atoms with Gasteiger partial charge in [0.05, 0.1) is 0 Å². The van der Waals surface area contributed by atoms with E-state index >= 15 is 0 Å². The molecule has 0 saturated carbocycles. The molecule has 3 heteroatoms. The standard InChI is InChI=1S/C12H15BrO2/c1-2-6-11(15-12(14)9-13)10-7-4-3-5-8-10/h3-5,7-8,11H,2,6,9H2,1H3. The summed E-state index contributed by atoms with van der Waals surface area (Å²) in [5.41, 5.74) is 1.06. The molecule has 0 spiro atoms. The van der Waals surface area contributed by atoms with Crippen molar-refractivity contribution in [1.29, 1.82) is 0 Å². The van der Waals surface area contributed by atoms with Crippen LogP contribution in [0.5, 0.6) is 0 Å². The van der Waals surface area contributed by atoms with Crippen molar-refractivity contribution in [2.24, 2.45) is 0 Å². The highest BCUT2D eigenvalue weighted by molar-refractivity contribution is 9.09. The Morgan fingerprint density at radius 3 is 2.60 bits per heavy atom. The number of benzene rings is 1. The van der Waals surface area contributed by atoms with E-state index < -0.39 is 0 Å². The predicted octanol–water partition coefficient (Wildman–Crippen LogP) is 3.47. The zero-order chi connectivity index (χ0) is 11.1. The molecule has 15 heavy (non-hydrogen) atoms. The Balaban J connectivity index is 2.70. The first-order valence-electron chi connectivity index (χ1n) is 5.08. The number of hydrogen-bond donors (Lipinski definition) is 0. The van der Waals surface area contributed by atoms with E-state index in [0.717, 1.165) is 18.4 Å². The Hall–Kier alpha value is -0.830. The van der Waals surface area contributed by atoms with Crippen molar-refractivity contribution in [3.05, 3.63) is 35.9 Å². The van der Waals surface area contributed by atoms with Crippen LogP contribution in [0.1, 0.15) is 31.4 Å². The molecule has 0 N–H and O–H groups in total. The Kier molecular flexibility index (Phi) is 5.40. The molecule has 0 aliphatic carbocycles. The van der Waals surface area contributed by atoms with Crippen LogP contribution in [0.4, 0.5) is 0 Å². The molecular weight excluding hydrogens is 256 g/mol. The second kappa shape index (κ2) is 6.62. The average molecular weight is 271 g/mol. The maximum Gasteiger partial charge on any atom is 0.317 e. The summed E-state index contributed by atoms with van der Waals surface area (Å²) in [7, 11) is 0. The molecule has 0 aliphatic heterocycles. The van der Waals surface area contributed by atoms with Crippen LogP contribution in [0.2, 0.25) is 0 Å². The molecule has 0 amide bonds. The third kappa shape index (κ3) is 4.04. The number of alkyl halides is 1. The molecule has 0 fully saturated rings. The monoisotopic (exact) mass is 270 g/mol. The van der Waals surface area contributed by atoms with Gasteiger partial charge in [0.2, 0.25) is 0 Å². The molecule has 0 heterocycles. The van der Waals surface area contributed by atoms with E-state index in [4.69, 9.17) is 4.74 Å². The first kappa shape index (κ1) is 12.2. The van der Waals surface area contributed by atoms with Crippen molar-refractivity contribution in [2.75, 3.05) is 5.33 Å². The summed E-state index contributed by atoms with van der Waals surface area (Å²) >= 11 is 3.09. The fourth-order valence-electron chi connectivity index (χ4n) is 1.41. The molecule has 82 valence electrons. The molecule has 0 saturated heterocycles. The molecule has 2 nitrogen and oxygen atoms in total. The summed E-state index contributed by atoms with van der Waals surface area (Å²) in [6.45, 7) is 2.08. The minimum absolute atomic E-state index is 0.110. The maximum atomic E-state index is 11.2. The van der Waals surface area contributed by atoms with Gasteiger partial charge >= 0.3 is 5.97 Å². The lowest BCUT2D eigenvalue weighted by molar-refractivity contribution is -0.146. The Morgan fingerprint density at radius 1 is 1.40 bits per heavy atom. The number of carbonyl (C=O) groups is 1. The Morgan fingerprint density at radius 2 is 2.07 bits per heavy atom. The number of rotatable bonds is 5. The summed E-state index contributed by atoms with van der Waals surface area (Å²) in [6.07, 6.45) is 1.75. The van der Waals surface area contributed by atoms with Crippen LogP contribution in [0.15, 0.2) is 30.3 Å². The first-order valence-corrected chi connectivity index (χ1v) is 6.20. The molecule has 0 aliphatic rings. The maximum absolute atomic E-state index is 11.2. The van der Waals surface area contributed by atoms with Gasteiger partial charge in [-0.3, -0.25) is 4.79 Å². The van der Waals surface area contributed by atoms with Gasteiger partial charge < -0.3 is 4.74 Å². The topological polar surface area (TPSA) is 26.3 Å². The molecule has 0 bridgehead atoms. The largest absolute Gasteiger partial charge is 0.457 e. The summed E-state index contributed by atoms with van der Waals surface area (Å²) in [5, 5.41) is 0.250. The van der Waals surface area contributed by atoms with Crippen LogP contribution in [0.25, 0.3) is 0 Å². The highest BCUT2D eigenvalue weighted by Gasteiger charge is 2.14. The fourth-order valence-corrected chi connectivity index (χ4v) is 1.55. The van der Waals surface area contributed by atoms with Crippen molar-refractivity contribution in [2.45, 2.75) is 25.9 Å². The number of esters is 1. The highest BCUT2D eigenvalue weighted by Crippen LogP contribution is 2.22. The van der Waals surface area contributed by atoms with E-state index in [1.165, 1.54) is 0 Å². The van der Waals surface area contributed by atoms with Gasteiger partial charge in [-0.2, -0.15) is 0 Å². The Labute approximate surface area is 98.8 Å². The van der Waals surface area contributed by atoms with Gasteiger partial charge in [0, 0.05) is 0 Å². The molecule has 0 aromatic heterocycles. The molecule has 1 aromatic carbocycles. The number of hydrogen-bond acceptors (Lipinski definition) is 2. The zero-order valence-electron chi connectivity index (χ0n) is 8.78. The fraction of sp³-hybridized carbons (Fsp3) is 0.417. The molecule has 1 aromatic rings. The van der Waals surface area contributed by atoms with E-state index in [1.54, 1.807) is 0 Å². The van der Waals surface area contributed by atoms with Crippen LogP contribution in [-0.2, 0) is 9.53 Å². The van der Waals surface area contributed by atoms with Gasteiger partial charge in [0.1, 0.15) is 11.4 Å². The van der Waals surface area contributed by atoms with Gasteiger partial charge in [-0.25, -0.2) is 0 Å². The second-order valence-corrected chi connectivity index (χ2v) is 3.87. The number of carbonyl (C=O) groups excluding carboxylic acids is 1. The average Bonchev–Trinajstić information content (AvgIpc) is 2.29. The van der Waals surface area contributed by atoms with Crippen LogP contribution < -0.4 is 0 Å². The van der Waals surface area contributed by atoms with Crippen LogP contribution in [0.3, 0.4) is 0 Å². The normalized spacial score (nSPS) is 12.1. The van der Waals surface area contributed by atoms with Crippen LogP contribution >= 0.6 is 15.9 Å². The summed E-state index contributed by atoms with van der Waals surface area (Å²) in [6, 6.07) is 9.85. The quantitative estimate of drug-likeness (QED) is 0.605. The van der Waals surface area contributed by atoms with Gasteiger partial charge in [0.15, 0.2) is 0 Å². The third-order valence-electron chi connectivity index (χ3n) is 2.11. The van der Waals surface area contributed by atoms with Crippen LogP contribution in [-0.4, -0.2) is 11.3 Å². The van der Waals surface area contributed by atoms with E-state index in [0.29, 0.717) is 0 Å². The van der Waals surface area contributed by atoms with E-state index in [-0.39, 0.29) is 17.4 Å². The molecule has 1 atom stereocenters. The van der Waals surface area contributed by atoms with Gasteiger partial charge in [-0.1, -0.05) is 59.6 Å². The lowest BCUT2D eigenvalue weighted by atomic mass is 10.1. The SMILES string of the molecule is CCCC(OC(=O)CBr)c1ccccc1. The minimum Gasteiger partial charge on any atom is -0.457 e. The molecule has 0 radical (unpaired) electrons. The van der Waals surface area contributed by atoms with E-state index in [2.05, 4.69) is 22.9 Å². The number of ether oxygens (including phenoxy) is 1. The Bertz CT molecular complexity index is 298. The predicted molar refractivity (Wildman–Crippen MR) is 64.0 cm³/mol. The summed E-state index contributed by atoms with van der Waals surface area (Å²) in [5.74, 6) is -0.211. The van der Waals surface area contributed by atoms with Crippen molar-refractivity contribution >= 4 is 21.9 Å². The lowest BCUT2D eigenvalue weighted by Gasteiger charge is -2.16. The van der Waals surface area contributed by atoms with Crippen molar-refractivity contribution < 1.29 is 9.53 Å². The van der Waals surface area contributed by atoms with E-state index in [9.17, 15) is 4.79 Å². The third-order valence-corrected chi connectivity index (χ3v) is 2.56. The van der Waals surface area contributed by atoms with Gasteiger partial charge in [0.25, 0.3) is 0 Å². The van der Waals surface area contributed by atoms with Crippen molar-refractivity contribution in [3.63, 3.8) is 0 Å². The molecule has 1 rings (SSSR count). The second-order valence-electron chi connectivity index (χ2n) is 3.31. The van der Waals surface area contributed by atoms with Crippen molar-refractivity contribution in [1.82, 2.24) is 0 Å². The first-order chi connectivity index (χ1) is 7.27. The van der Waals surface area contributed by atoms with E-state index in [1.807, 2.05) is 30.3 Å². The zero-order valence-corrected chi connectivity index (χ0v) is 10.4. The highest BCUT2D eigenvalue weighted by atomic mass is 79.9. The summed E-state index contributed by atoms with van der Waals surface area (Å²) < 4.78 is 5.34. The molecular formula is C12H15BrO2. The number of halogens is 1. The smallest absolute Gasteiger partial charge is 0.317 e. The van der Waals surface area contributed by atoms with Gasteiger partial charge in [-0.05, 0) is 12.0 Å². The lowest BCUT2D eigenvalue weighted by Crippen LogP contribution is -2.12. The molecule has 1 unspecified atom stereocenters. The van der Waals surface area contributed by atoms with Crippen LogP contribution in [0, 0.1) is 0 Å². The van der Waals surface area contributed by atoms with Gasteiger partial charge in [-0.15, -0.1) is 0 Å². The van der Waals surface area contributed by atoms with Crippen molar-refractivity contribution in [3.8, 4) is 0 Å². The minimum atomic E-state index is -0.211.